The second-order valence-corrected chi connectivity index (χ2v) is 5.63. The van der Waals surface area contributed by atoms with Gasteiger partial charge in [0.2, 0.25) is 0 Å². The van der Waals surface area contributed by atoms with E-state index in [1.807, 2.05) is 0 Å². The molecule has 0 radical (unpaired) electrons. The number of alkyl halides is 3. The van der Waals surface area contributed by atoms with Gasteiger partial charge in [0.1, 0.15) is 5.82 Å². The maximum atomic E-state index is 13.1. The Labute approximate surface area is 139 Å². The van der Waals surface area contributed by atoms with Gasteiger partial charge in [-0.2, -0.15) is 13.2 Å². The number of halogens is 5. The van der Waals surface area contributed by atoms with Gasteiger partial charge in [-0.05, 0) is 36.9 Å². The molecule has 0 saturated carbocycles. The molecule has 0 bridgehead atoms. The highest BCUT2D eigenvalue weighted by atomic mass is 35.5. The van der Waals surface area contributed by atoms with Crippen LogP contribution in [0.15, 0.2) is 36.5 Å². The van der Waals surface area contributed by atoms with Crippen molar-refractivity contribution < 1.29 is 17.6 Å². The Balaban J connectivity index is 2.28. The Morgan fingerprint density at radius 2 is 1.83 bits per heavy atom. The summed E-state index contributed by atoms with van der Waals surface area (Å²) in [7, 11) is 0. The van der Waals surface area contributed by atoms with E-state index in [9.17, 15) is 17.6 Å². The van der Waals surface area contributed by atoms with E-state index in [1.165, 1.54) is 28.7 Å². The van der Waals surface area contributed by atoms with Crippen molar-refractivity contribution >= 4 is 17.2 Å². The SMILES string of the molecule is NCCc1c(-c2ccc(F)cc2)nc2c(Cl)cc(C(F)(F)F)cn12. The summed E-state index contributed by atoms with van der Waals surface area (Å²) >= 11 is 5.99. The van der Waals surface area contributed by atoms with Crippen LogP contribution in [0.25, 0.3) is 16.9 Å². The lowest BCUT2D eigenvalue weighted by Crippen LogP contribution is -2.10. The van der Waals surface area contributed by atoms with Crippen molar-refractivity contribution in [1.29, 1.82) is 0 Å². The number of imidazole rings is 1. The van der Waals surface area contributed by atoms with Crippen LogP contribution in [-0.2, 0) is 12.6 Å². The largest absolute Gasteiger partial charge is 0.417 e. The molecular formula is C16H12ClF4N3. The Morgan fingerprint density at radius 1 is 1.17 bits per heavy atom. The molecule has 3 nitrogen and oxygen atoms in total. The number of hydrogen-bond acceptors (Lipinski definition) is 2. The summed E-state index contributed by atoms with van der Waals surface area (Å²) in [6.45, 7) is 0.218. The zero-order valence-corrected chi connectivity index (χ0v) is 13.0. The van der Waals surface area contributed by atoms with E-state index in [0.717, 1.165) is 12.3 Å². The molecule has 0 aliphatic rings. The number of benzene rings is 1. The lowest BCUT2D eigenvalue weighted by atomic mass is 10.1. The van der Waals surface area contributed by atoms with Crippen molar-refractivity contribution in [2.45, 2.75) is 12.6 Å². The number of aromatic nitrogens is 2. The van der Waals surface area contributed by atoms with Crippen LogP contribution in [0, 0.1) is 5.82 Å². The molecule has 24 heavy (non-hydrogen) atoms. The number of nitrogens with zero attached hydrogens (tertiary/aromatic N) is 2. The minimum absolute atomic E-state index is 0.114. The van der Waals surface area contributed by atoms with Gasteiger partial charge in [-0.25, -0.2) is 9.37 Å². The highest BCUT2D eigenvalue weighted by molar-refractivity contribution is 6.33. The summed E-state index contributed by atoms with van der Waals surface area (Å²) < 4.78 is 53.5. The first kappa shape index (κ1) is 16.7. The van der Waals surface area contributed by atoms with Gasteiger partial charge in [0, 0.05) is 18.2 Å². The predicted octanol–water partition coefficient (Wildman–Crippen LogP) is 4.31. The molecule has 0 aliphatic heterocycles. The summed E-state index contributed by atoms with van der Waals surface area (Å²) in [6, 6.07) is 6.37. The fourth-order valence-corrected chi connectivity index (χ4v) is 2.77. The molecule has 0 fully saturated rings. The molecule has 3 rings (SSSR count). The third-order valence-corrected chi connectivity index (χ3v) is 3.88. The normalized spacial score (nSPS) is 12.1. The quantitative estimate of drug-likeness (QED) is 0.710. The molecule has 2 heterocycles. The minimum atomic E-state index is -4.53. The van der Waals surface area contributed by atoms with E-state index < -0.39 is 17.6 Å². The zero-order chi connectivity index (χ0) is 17.5. The minimum Gasteiger partial charge on any atom is -0.330 e. The average molecular weight is 358 g/mol. The van der Waals surface area contributed by atoms with Crippen molar-refractivity contribution in [2.75, 3.05) is 6.54 Å². The second kappa shape index (κ2) is 6.07. The zero-order valence-electron chi connectivity index (χ0n) is 12.2. The maximum absolute atomic E-state index is 13.1. The summed E-state index contributed by atoms with van der Waals surface area (Å²) in [4.78, 5) is 4.34. The van der Waals surface area contributed by atoms with Crippen LogP contribution in [0.3, 0.4) is 0 Å². The van der Waals surface area contributed by atoms with E-state index in [-0.39, 0.29) is 17.2 Å². The molecule has 126 valence electrons. The standard InChI is InChI=1S/C16H12ClF4N3/c17-12-7-10(16(19,20)21)8-24-13(5-6-22)14(23-15(12)24)9-1-3-11(18)4-2-9/h1-4,7-8H,5-6,22H2. The fourth-order valence-electron chi connectivity index (χ4n) is 2.52. The summed E-state index contributed by atoms with van der Waals surface area (Å²) in [5.74, 6) is -0.416. The second-order valence-electron chi connectivity index (χ2n) is 5.22. The van der Waals surface area contributed by atoms with Crippen LogP contribution in [0.2, 0.25) is 5.02 Å². The number of rotatable bonds is 3. The Hall–Kier alpha value is -2.12. The Kier molecular flexibility index (Phi) is 4.23. The lowest BCUT2D eigenvalue weighted by Gasteiger charge is -2.10. The molecule has 2 N–H and O–H groups in total. The Bertz CT molecular complexity index is 885. The highest BCUT2D eigenvalue weighted by Crippen LogP contribution is 2.34. The smallest absolute Gasteiger partial charge is 0.330 e. The van der Waals surface area contributed by atoms with Gasteiger partial charge in [0.05, 0.1) is 22.0 Å². The first-order valence-electron chi connectivity index (χ1n) is 7.05. The van der Waals surface area contributed by atoms with Gasteiger partial charge >= 0.3 is 6.18 Å². The van der Waals surface area contributed by atoms with Gasteiger partial charge in [-0.15, -0.1) is 0 Å². The van der Waals surface area contributed by atoms with Gasteiger partial charge < -0.3 is 10.1 Å². The number of pyridine rings is 1. The molecule has 0 atom stereocenters. The molecule has 0 spiro atoms. The van der Waals surface area contributed by atoms with Crippen molar-refractivity contribution in [3.8, 4) is 11.3 Å². The summed E-state index contributed by atoms with van der Waals surface area (Å²) in [5, 5.41) is -0.114. The van der Waals surface area contributed by atoms with Crippen molar-refractivity contribution in [3.05, 3.63) is 58.6 Å². The molecule has 0 aliphatic carbocycles. The topological polar surface area (TPSA) is 43.3 Å². The van der Waals surface area contributed by atoms with Gasteiger partial charge in [0.25, 0.3) is 0 Å². The fraction of sp³-hybridized carbons (Fsp3) is 0.188. The van der Waals surface area contributed by atoms with Crippen LogP contribution in [-0.4, -0.2) is 15.9 Å². The van der Waals surface area contributed by atoms with Crippen molar-refractivity contribution in [2.24, 2.45) is 5.73 Å². The molecule has 3 aromatic rings. The molecule has 0 saturated heterocycles. The van der Waals surface area contributed by atoms with E-state index in [4.69, 9.17) is 17.3 Å². The first-order valence-corrected chi connectivity index (χ1v) is 7.42. The molecule has 1 aromatic carbocycles. The number of nitrogens with two attached hydrogens (primary N) is 1. The molecule has 0 amide bonds. The van der Waals surface area contributed by atoms with Crippen LogP contribution >= 0.6 is 11.6 Å². The molecule has 2 aromatic heterocycles. The Morgan fingerprint density at radius 3 is 2.42 bits per heavy atom. The number of hydrogen-bond donors (Lipinski definition) is 1. The summed E-state index contributed by atoms with van der Waals surface area (Å²) in [6.07, 6.45) is -3.28. The van der Waals surface area contributed by atoms with E-state index in [1.54, 1.807) is 0 Å². The third-order valence-electron chi connectivity index (χ3n) is 3.60. The monoisotopic (exact) mass is 357 g/mol. The molecule has 0 unspecified atom stereocenters. The van der Waals surface area contributed by atoms with Crippen molar-refractivity contribution in [3.63, 3.8) is 0 Å². The van der Waals surface area contributed by atoms with Gasteiger partial charge in [0.15, 0.2) is 5.65 Å². The van der Waals surface area contributed by atoms with E-state index >= 15 is 0 Å². The third kappa shape index (κ3) is 2.97. The predicted molar refractivity (Wildman–Crippen MR) is 83.4 cm³/mol. The lowest BCUT2D eigenvalue weighted by molar-refractivity contribution is -0.137. The first-order chi connectivity index (χ1) is 11.3. The summed E-state index contributed by atoms with van der Waals surface area (Å²) in [5.41, 5.74) is 6.42. The molecular weight excluding hydrogens is 346 g/mol. The van der Waals surface area contributed by atoms with Crippen LogP contribution < -0.4 is 5.73 Å². The highest BCUT2D eigenvalue weighted by Gasteiger charge is 2.32. The van der Waals surface area contributed by atoms with Gasteiger partial charge in [-0.3, -0.25) is 0 Å². The molecule has 8 heteroatoms. The number of fused-ring (bicyclic) bond motifs is 1. The van der Waals surface area contributed by atoms with E-state index in [0.29, 0.717) is 23.4 Å². The van der Waals surface area contributed by atoms with E-state index in [2.05, 4.69) is 4.98 Å². The van der Waals surface area contributed by atoms with Gasteiger partial charge in [-0.1, -0.05) is 11.6 Å². The average Bonchev–Trinajstić information content (AvgIpc) is 2.87. The van der Waals surface area contributed by atoms with Crippen LogP contribution in [0.4, 0.5) is 17.6 Å². The maximum Gasteiger partial charge on any atom is 0.417 e. The van der Waals surface area contributed by atoms with Crippen molar-refractivity contribution in [1.82, 2.24) is 9.38 Å². The van der Waals surface area contributed by atoms with Crippen LogP contribution in [0.1, 0.15) is 11.3 Å². The van der Waals surface area contributed by atoms with Crippen LogP contribution in [0.5, 0.6) is 0 Å².